The number of fused-ring (bicyclic) bond motifs is 1. The molecule has 1 aromatic carbocycles. The summed E-state index contributed by atoms with van der Waals surface area (Å²) in [6.45, 7) is 0. The molecule has 0 fully saturated rings. The molecule has 4 nitrogen and oxygen atoms in total. The van der Waals surface area contributed by atoms with E-state index in [0.29, 0.717) is 17.1 Å². The molecule has 0 saturated carbocycles. The van der Waals surface area contributed by atoms with E-state index in [2.05, 4.69) is 9.97 Å². The summed E-state index contributed by atoms with van der Waals surface area (Å²) in [6, 6.07) is 5.49. The van der Waals surface area contributed by atoms with Gasteiger partial charge in [-0.1, -0.05) is 6.07 Å². The Balaban J connectivity index is 2.84. The molecule has 0 spiro atoms. The standard InChI is InChI=1S/C10H9ClN2O2/c1-14-7-5-3-4-6-8(7)9(15-2)13-10(11)12-6/h3-5H,1-2H3. The molecule has 0 unspecified atom stereocenters. The summed E-state index contributed by atoms with van der Waals surface area (Å²) < 4.78 is 10.3. The number of benzene rings is 1. The largest absolute Gasteiger partial charge is 0.496 e. The Morgan fingerprint density at radius 3 is 2.60 bits per heavy atom. The second kappa shape index (κ2) is 3.90. The minimum Gasteiger partial charge on any atom is -0.496 e. The number of rotatable bonds is 2. The fraction of sp³-hybridized carbons (Fsp3) is 0.200. The smallest absolute Gasteiger partial charge is 0.229 e. The van der Waals surface area contributed by atoms with E-state index in [1.807, 2.05) is 18.2 Å². The lowest BCUT2D eigenvalue weighted by Crippen LogP contribution is -1.95. The van der Waals surface area contributed by atoms with Crippen molar-refractivity contribution in [1.82, 2.24) is 9.97 Å². The number of hydrogen-bond acceptors (Lipinski definition) is 4. The van der Waals surface area contributed by atoms with Crippen LogP contribution in [0.25, 0.3) is 10.9 Å². The van der Waals surface area contributed by atoms with Crippen LogP contribution in [0.5, 0.6) is 11.6 Å². The third kappa shape index (κ3) is 1.68. The summed E-state index contributed by atoms with van der Waals surface area (Å²) in [7, 11) is 3.12. The average Bonchev–Trinajstić information content (AvgIpc) is 2.26. The number of aromatic nitrogens is 2. The summed E-state index contributed by atoms with van der Waals surface area (Å²) in [5.74, 6) is 1.09. The summed E-state index contributed by atoms with van der Waals surface area (Å²) in [4.78, 5) is 8.07. The molecular weight excluding hydrogens is 216 g/mol. The van der Waals surface area contributed by atoms with Crippen molar-refractivity contribution < 1.29 is 9.47 Å². The highest BCUT2D eigenvalue weighted by Crippen LogP contribution is 2.31. The quantitative estimate of drug-likeness (QED) is 0.735. The van der Waals surface area contributed by atoms with E-state index in [1.165, 1.54) is 7.11 Å². The zero-order valence-corrected chi connectivity index (χ0v) is 9.08. The van der Waals surface area contributed by atoms with Crippen LogP contribution in [-0.4, -0.2) is 24.2 Å². The minimum atomic E-state index is 0.160. The van der Waals surface area contributed by atoms with Gasteiger partial charge in [0.2, 0.25) is 11.2 Å². The molecule has 1 heterocycles. The maximum absolute atomic E-state index is 5.76. The number of ether oxygens (including phenoxy) is 2. The normalized spacial score (nSPS) is 10.3. The Kier molecular flexibility index (Phi) is 2.60. The van der Waals surface area contributed by atoms with Gasteiger partial charge in [0.1, 0.15) is 11.1 Å². The van der Waals surface area contributed by atoms with Crippen LogP contribution in [0.1, 0.15) is 0 Å². The molecule has 2 rings (SSSR count). The van der Waals surface area contributed by atoms with Gasteiger partial charge in [0, 0.05) is 0 Å². The van der Waals surface area contributed by atoms with E-state index < -0.39 is 0 Å². The van der Waals surface area contributed by atoms with E-state index in [4.69, 9.17) is 21.1 Å². The average molecular weight is 225 g/mol. The number of methoxy groups -OCH3 is 2. The predicted molar refractivity (Wildman–Crippen MR) is 57.7 cm³/mol. The number of nitrogens with zero attached hydrogens (tertiary/aromatic N) is 2. The topological polar surface area (TPSA) is 44.2 Å². The fourth-order valence-corrected chi connectivity index (χ4v) is 1.58. The first-order valence-corrected chi connectivity index (χ1v) is 4.68. The minimum absolute atomic E-state index is 0.160. The van der Waals surface area contributed by atoms with Gasteiger partial charge >= 0.3 is 0 Å². The lowest BCUT2D eigenvalue weighted by Gasteiger charge is -2.08. The molecule has 5 heteroatoms. The Hall–Kier alpha value is -1.55. The van der Waals surface area contributed by atoms with Crippen molar-refractivity contribution in [3.05, 3.63) is 23.5 Å². The summed E-state index contributed by atoms with van der Waals surface area (Å²) >= 11 is 5.76. The Bertz CT molecular complexity index is 502. The van der Waals surface area contributed by atoms with Gasteiger partial charge in [-0.2, -0.15) is 4.98 Å². The van der Waals surface area contributed by atoms with Crippen LogP contribution in [0.3, 0.4) is 0 Å². The maximum atomic E-state index is 5.76. The summed E-state index contributed by atoms with van der Waals surface area (Å²) in [5.41, 5.74) is 0.700. The van der Waals surface area contributed by atoms with Gasteiger partial charge in [0.05, 0.1) is 19.7 Å². The van der Waals surface area contributed by atoms with Gasteiger partial charge in [-0.25, -0.2) is 4.98 Å². The van der Waals surface area contributed by atoms with Gasteiger partial charge < -0.3 is 9.47 Å². The summed E-state index contributed by atoms with van der Waals surface area (Å²) in [5, 5.41) is 0.888. The highest BCUT2D eigenvalue weighted by molar-refractivity contribution is 6.28. The van der Waals surface area contributed by atoms with Crippen LogP contribution >= 0.6 is 11.6 Å². The molecule has 0 N–H and O–H groups in total. The fourth-order valence-electron chi connectivity index (χ4n) is 1.41. The molecule has 0 saturated heterocycles. The monoisotopic (exact) mass is 224 g/mol. The third-order valence-corrected chi connectivity index (χ3v) is 2.21. The van der Waals surface area contributed by atoms with Crippen LogP contribution in [0, 0.1) is 0 Å². The lowest BCUT2D eigenvalue weighted by atomic mass is 10.2. The Morgan fingerprint density at radius 1 is 1.13 bits per heavy atom. The third-order valence-electron chi connectivity index (χ3n) is 2.04. The zero-order valence-electron chi connectivity index (χ0n) is 8.32. The molecule has 0 amide bonds. The van der Waals surface area contributed by atoms with E-state index in [1.54, 1.807) is 7.11 Å². The maximum Gasteiger partial charge on any atom is 0.229 e. The Morgan fingerprint density at radius 2 is 1.93 bits per heavy atom. The first-order chi connectivity index (χ1) is 7.26. The van der Waals surface area contributed by atoms with Gasteiger partial charge in [-0.05, 0) is 23.7 Å². The number of halogens is 1. The van der Waals surface area contributed by atoms with Crippen molar-refractivity contribution in [2.45, 2.75) is 0 Å². The molecular formula is C10H9ClN2O2. The van der Waals surface area contributed by atoms with Gasteiger partial charge in [0.25, 0.3) is 0 Å². The Labute approximate surface area is 91.8 Å². The second-order valence-corrected chi connectivity index (χ2v) is 3.19. The second-order valence-electron chi connectivity index (χ2n) is 2.86. The first-order valence-electron chi connectivity index (χ1n) is 4.30. The van der Waals surface area contributed by atoms with Crippen molar-refractivity contribution in [3.63, 3.8) is 0 Å². The molecule has 0 bridgehead atoms. The van der Waals surface area contributed by atoms with E-state index in [9.17, 15) is 0 Å². The summed E-state index contributed by atoms with van der Waals surface area (Å²) in [6.07, 6.45) is 0. The van der Waals surface area contributed by atoms with Crippen LogP contribution < -0.4 is 9.47 Å². The molecule has 0 aliphatic rings. The first kappa shape index (κ1) is 9.98. The van der Waals surface area contributed by atoms with Crippen LogP contribution in [0.2, 0.25) is 5.28 Å². The predicted octanol–water partition coefficient (Wildman–Crippen LogP) is 2.30. The zero-order chi connectivity index (χ0) is 10.8. The molecule has 15 heavy (non-hydrogen) atoms. The number of hydrogen-bond donors (Lipinski definition) is 0. The van der Waals surface area contributed by atoms with Gasteiger partial charge in [0.15, 0.2) is 0 Å². The molecule has 78 valence electrons. The van der Waals surface area contributed by atoms with Crippen LogP contribution in [0.4, 0.5) is 0 Å². The SMILES string of the molecule is COc1cccc2nc(Cl)nc(OC)c12. The molecule has 1 aromatic heterocycles. The van der Waals surface area contributed by atoms with E-state index >= 15 is 0 Å². The van der Waals surface area contributed by atoms with E-state index in [0.717, 1.165) is 5.39 Å². The van der Waals surface area contributed by atoms with Gasteiger partial charge in [-0.3, -0.25) is 0 Å². The van der Waals surface area contributed by atoms with E-state index in [-0.39, 0.29) is 5.28 Å². The van der Waals surface area contributed by atoms with Crippen LogP contribution in [0.15, 0.2) is 18.2 Å². The molecule has 0 aliphatic carbocycles. The van der Waals surface area contributed by atoms with Crippen molar-refractivity contribution in [3.8, 4) is 11.6 Å². The molecule has 0 atom stereocenters. The molecule has 0 radical (unpaired) electrons. The van der Waals surface area contributed by atoms with Crippen molar-refractivity contribution in [2.24, 2.45) is 0 Å². The highest BCUT2D eigenvalue weighted by Gasteiger charge is 2.11. The highest BCUT2D eigenvalue weighted by atomic mass is 35.5. The lowest BCUT2D eigenvalue weighted by molar-refractivity contribution is 0.393. The molecule has 0 aliphatic heterocycles. The van der Waals surface area contributed by atoms with Crippen molar-refractivity contribution in [2.75, 3.05) is 14.2 Å². The molecule has 2 aromatic rings. The van der Waals surface area contributed by atoms with Crippen molar-refractivity contribution >= 4 is 22.5 Å². The van der Waals surface area contributed by atoms with Crippen molar-refractivity contribution in [1.29, 1.82) is 0 Å². The van der Waals surface area contributed by atoms with Crippen LogP contribution in [-0.2, 0) is 0 Å². The van der Waals surface area contributed by atoms with Gasteiger partial charge in [-0.15, -0.1) is 0 Å².